The van der Waals surface area contributed by atoms with Crippen LogP contribution in [0.25, 0.3) is 11.0 Å². The van der Waals surface area contributed by atoms with Gasteiger partial charge in [-0.05, 0) is 111 Å². The van der Waals surface area contributed by atoms with Crippen molar-refractivity contribution in [1.29, 1.82) is 0 Å². The van der Waals surface area contributed by atoms with Gasteiger partial charge in [-0.2, -0.15) is 13.4 Å². The molecule has 3 aliphatic heterocycles. The fourth-order valence-electron chi connectivity index (χ4n) is 11.5. The van der Waals surface area contributed by atoms with E-state index in [4.69, 9.17) is 9.47 Å². The fraction of sp³-hybridized carbons (Fsp3) is 0.500. The van der Waals surface area contributed by atoms with Crippen LogP contribution in [0.2, 0.25) is 0 Å². The van der Waals surface area contributed by atoms with Crippen LogP contribution in [0.15, 0.2) is 82.4 Å². The maximum absolute atomic E-state index is 14.1. The first kappa shape index (κ1) is 47.8. The second-order valence-corrected chi connectivity index (χ2v) is 24.8. The van der Waals surface area contributed by atoms with E-state index in [1.165, 1.54) is 23.4 Å². The summed E-state index contributed by atoms with van der Waals surface area (Å²) in [6, 6.07) is 18.1. The average molecular weight is 996 g/mol. The van der Waals surface area contributed by atoms with Crippen LogP contribution in [0.1, 0.15) is 106 Å². The van der Waals surface area contributed by atoms with Crippen LogP contribution in [0, 0.1) is 21.4 Å². The van der Waals surface area contributed by atoms with E-state index in [1.54, 1.807) is 38.4 Å². The lowest BCUT2D eigenvalue weighted by atomic mass is 9.59. The van der Waals surface area contributed by atoms with Crippen molar-refractivity contribution in [2.24, 2.45) is 15.7 Å². The predicted molar refractivity (Wildman–Crippen MR) is 267 cm³/mol. The molecule has 2 aliphatic carbocycles. The number of amides is 1. The summed E-state index contributed by atoms with van der Waals surface area (Å²) in [6.45, 7) is 8.57. The molecule has 2 aromatic carbocycles. The molecule has 1 unspecified atom stereocenters. The zero-order chi connectivity index (χ0) is 49.2. The Bertz CT molecular complexity index is 3070. The van der Waals surface area contributed by atoms with E-state index >= 15 is 0 Å². The van der Waals surface area contributed by atoms with Gasteiger partial charge in [0.1, 0.15) is 23.8 Å². The number of nitro groups is 1. The van der Waals surface area contributed by atoms with E-state index in [0.29, 0.717) is 60.5 Å². The molecular weight excluding hydrogens is 935 g/mol. The molecule has 4 fully saturated rings. The largest absolute Gasteiger partial charge is 0.474 e. The van der Waals surface area contributed by atoms with Crippen molar-refractivity contribution in [1.82, 2.24) is 24.6 Å². The minimum absolute atomic E-state index is 0.0383. The molecule has 0 bridgehead atoms. The van der Waals surface area contributed by atoms with E-state index in [0.717, 1.165) is 62.5 Å². The second kappa shape index (κ2) is 18.4. The number of H-pyrrole nitrogens is 1. The summed E-state index contributed by atoms with van der Waals surface area (Å²) in [5.41, 5.74) is 2.70. The summed E-state index contributed by atoms with van der Waals surface area (Å²) in [4.78, 5) is 42.3. The summed E-state index contributed by atoms with van der Waals surface area (Å²) in [5, 5.41) is 26.0. The summed E-state index contributed by atoms with van der Waals surface area (Å²) < 4.78 is 60.4. The number of aromatic nitrogens is 3. The molecule has 20 heteroatoms. The number of fused-ring (bicyclic) bond motifs is 2. The molecule has 2 saturated heterocycles. The Kier molecular flexibility index (Phi) is 12.6. The van der Waals surface area contributed by atoms with Gasteiger partial charge < -0.3 is 29.8 Å². The monoisotopic (exact) mass is 995 g/mol. The molecule has 0 radical (unpaired) electrons. The lowest BCUT2D eigenvalue weighted by Gasteiger charge is -2.57. The van der Waals surface area contributed by atoms with Crippen molar-refractivity contribution >= 4 is 53.8 Å². The highest BCUT2D eigenvalue weighted by molar-refractivity contribution is 7.93. The molecule has 70 heavy (non-hydrogen) atoms. The third-order valence-corrected chi connectivity index (χ3v) is 19.2. The van der Waals surface area contributed by atoms with Gasteiger partial charge in [-0.1, -0.05) is 38.1 Å². The number of ether oxygens (including phenoxy) is 2. The Labute approximate surface area is 408 Å². The number of aliphatic hydroxyl groups is 1. The van der Waals surface area contributed by atoms with Crippen LogP contribution in [0.4, 0.5) is 17.1 Å². The van der Waals surface area contributed by atoms with Crippen LogP contribution in [0.5, 0.6) is 17.4 Å². The number of carbonyl (C=O) groups is 1. The van der Waals surface area contributed by atoms with E-state index in [2.05, 4.69) is 77.3 Å². The van der Waals surface area contributed by atoms with Crippen molar-refractivity contribution in [3.8, 4) is 17.4 Å². The van der Waals surface area contributed by atoms with E-state index in [-0.39, 0.29) is 52.9 Å². The number of nitrogens with one attached hydrogen (secondary N) is 3. The Morgan fingerprint density at radius 2 is 1.83 bits per heavy atom. The summed E-state index contributed by atoms with van der Waals surface area (Å²) >= 11 is 0. The molecule has 3 atom stereocenters. The molecule has 5 aromatic rings. The van der Waals surface area contributed by atoms with Gasteiger partial charge in [-0.25, -0.2) is 18.3 Å². The van der Waals surface area contributed by atoms with Gasteiger partial charge in [0.15, 0.2) is 10.7 Å². The number of anilines is 2. The van der Waals surface area contributed by atoms with Crippen LogP contribution in [-0.4, -0.2) is 111 Å². The van der Waals surface area contributed by atoms with Crippen LogP contribution in [-0.2, 0) is 19.8 Å². The number of aromatic amines is 1. The van der Waals surface area contributed by atoms with Gasteiger partial charge in [-0.3, -0.25) is 19.8 Å². The molecular formula is C50H61N9O9S2. The minimum atomic E-state index is -4.80. The average Bonchev–Trinajstić information content (AvgIpc) is 3.81. The number of sulfonamides is 1. The van der Waals surface area contributed by atoms with Gasteiger partial charge in [-0.15, -0.1) is 0 Å². The summed E-state index contributed by atoms with van der Waals surface area (Å²) in [7, 11) is -5.40. The second-order valence-electron chi connectivity index (χ2n) is 20.5. The van der Waals surface area contributed by atoms with E-state index < -0.39 is 46.9 Å². The van der Waals surface area contributed by atoms with Gasteiger partial charge in [0.25, 0.3) is 15.9 Å². The molecule has 18 nitrogen and oxygen atoms in total. The van der Waals surface area contributed by atoms with Gasteiger partial charge in [0, 0.05) is 77.6 Å². The lowest BCUT2D eigenvalue weighted by molar-refractivity contribution is -0.384. The molecule has 4 N–H and O–H groups in total. The maximum atomic E-state index is 14.1. The van der Waals surface area contributed by atoms with Crippen LogP contribution in [0.3, 0.4) is 0 Å². The lowest BCUT2D eigenvalue weighted by Crippen LogP contribution is -2.58. The third kappa shape index (κ3) is 9.42. The zero-order valence-electron chi connectivity index (χ0n) is 39.9. The van der Waals surface area contributed by atoms with Crippen molar-refractivity contribution < 1.29 is 36.9 Å². The first-order valence-electron chi connectivity index (χ1n) is 24.2. The molecule has 2 saturated carbocycles. The summed E-state index contributed by atoms with van der Waals surface area (Å²) in [6.07, 6.45) is 9.81. The minimum Gasteiger partial charge on any atom is -0.474 e. The number of pyridine rings is 2. The first-order valence-corrected chi connectivity index (χ1v) is 27.6. The maximum Gasteiger partial charge on any atom is 0.300 e. The smallest absolute Gasteiger partial charge is 0.300 e. The van der Waals surface area contributed by atoms with Gasteiger partial charge >= 0.3 is 5.69 Å². The van der Waals surface area contributed by atoms with Crippen LogP contribution < -0.4 is 24.4 Å². The predicted octanol–water partition coefficient (Wildman–Crippen LogP) is 7.92. The van der Waals surface area contributed by atoms with Gasteiger partial charge in [0.2, 0.25) is 5.88 Å². The third-order valence-electron chi connectivity index (χ3n) is 15.7. The highest BCUT2D eigenvalue weighted by atomic mass is 32.2. The molecule has 1 spiro atoms. The molecule has 3 aromatic heterocycles. The fourth-order valence-corrected chi connectivity index (χ4v) is 14.3. The number of carbonyl (C=O) groups excluding carboxylic acids is 1. The normalized spacial score (nSPS) is 25.9. The Balaban J connectivity index is 0.861. The van der Waals surface area contributed by atoms with E-state index in [9.17, 15) is 32.6 Å². The van der Waals surface area contributed by atoms with E-state index in [1.807, 2.05) is 6.07 Å². The highest BCUT2D eigenvalue weighted by Crippen LogP contribution is 2.54. The van der Waals surface area contributed by atoms with Crippen molar-refractivity contribution in [2.45, 2.75) is 107 Å². The molecule has 372 valence electrons. The van der Waals surface area contributed by atoms with Gasteiger partial charge in [0.05, 0.1) is 40.1 Å². The number of hydrogen-bond donors (Lipinski definition) is 4. The van der Waals surface area contributed by atoms with Crippen molar-refractivity contribution in [2.75, 3.05) is 55.0 Å². The Morgan fingerprint density at radius 3 is 2.56 bits per heavy atom. The number of rotatable bonds is 11. The number of hydrogen-bond acceptors (Lipinski definition) is 15. The summed E-state index contributed by atoms with van der Waals surface area (Å²) in [5.74, 6) is 0.653. The zero-order valence-corrected chi connectivity index (χ0v) is 41.6. The molecule has 1 amide bonds. The SMILES string of the molecule is CN=S1(=O)CCN(C2CC3(CCN(c4ccc(C(=O)NS(=O)(=O)c5cc([N+](=O)[O-])c6c(n5)OC[C@H]([C@H]5CC[C@](C)(O)CC5)N6)c(Oc5cnc6[nH]ccc6c5)c4)CC3)C2)[C@H](c2ccccc2C(C)C)C1. The Hall–Kier alpha value is -5.83. The number of nitrogens with zero attached hydrogens (tertiary/aromatic N) is 6. The first-order chi connectivity index (χ1) is 33.4. The van der Waals surface area contributed by atoms with Crippen LogP contribution >= 0.6 is 0 Å². The molecule has 5 aliphatic rings. The highest BCUT2D eigenvalue weighted by Gasteiger charge is 2.50. The van der Waals surface area contributed by atoms with Crippen molar-refractivity contribution in [3.63, 3.8) is 0 Å². The Morgan fingerprint density at radius 1 is 1.07 bits per heavy atom. The number of piperidine rings is 1. The topological polar surface area (TPSA) is 235 Å². The van der Waals surface area contributed by atoms with Crippen molar-refractivity contribution in [3.05, 3.63) is 99.9 Å². The quantitative estimate of drug-likeness (QED) is 0.0727. The number of benzene rings is 2. The molecule has 10 rings (SSSR count). The standard InChI is InChI=1S/C50H61N9O9S2/c1-31(2)37-7-5-6-8-38(37)42-30-69(64,51-4)22-21-58(42)35-26-50(27-35)16-19-57(20-17-50)34-9-10-39(43(24-34)68-36-23-33-13-18-52-46(33)53-28-36)47(60)56-70(65,66)44-25-41(59(62)63)45-48(55-44)67-29-40(54-45)32-11-14-49(3,61)15-12-32/h5-10,13,18,23-25,28,31-32,35,40,42,54,61H,11-12,14-17,19-22,26-27,29-30H2,1-4H3,(H,52,53)(H,56,60)/t32-,40-,42+,49-,69?/m1/s1. The molecule has 6 heterocycles.